The van der Waals surface area contributed by atoms with Gasteiger partial charge in [0, 0.05) is 24.5 Å². The Morgan fingerprint density at radius 3 is 2.81 bits per heavy atom. The molecule has 0 bridgehead atoms. The van der Waals surface area contributed by atoms with Crippen molar-refractivity contribution in [3.8, 4) is 5.88 Å². The Kier molecular flexibility index (Phi) is 3.61. The van der Waals surface area contributed by atoms with Gasteiger partial charge in [-0.25, -0.2) is 4.98 Å². The highest BCUT2D eigenvalue weighted by molar-refractivity contribution is 6.30. The number of aliphatic hydroxyl groups excluding tert-OH is 1. The van der Waals surface area contributed by atoms with Gasteiger partial charge in [0.05, 0.1) is 6.61 Å². The van der Waals surface area contributed by atoms with E-state index in [0.717, 1.165) is 24.2 Å². The van der Waals surface area contributed by atoms with Crippen molar-refractivity contribution < 1.29 is 9.84 Å². The number of aliphatic hydroxyl groups is 1. The van der Waals surface area contributed by atoms with Gasteiger partial charge in [-0.3, -0.25) is 0 Å². The molecule has 1 aromatic rings. The second kappa shape index (κ2) is 4.97. The summed E-state index contributed by atoms with van der Waals surface area (Å²) in [7, 11) is 0. The lowest BCUT2D eigenvalue weighted by molar-refractivity contribution is 0.228. The maximum absolute atomic E-state index is 8.68. The number of rotatable bonds is 5. The molecule has 16 heavy (non-hydrogen) atoms. The largest absolute Gasteiger partial charge is 0.477 e. The van der Waals surface area contributed by atoms with E-state index in [1.54, 1.807) is 0 Å². The summed E-state index contributed by atoms with van der Waals surface area (Å²) in [4.78, 5) is 8.62. The Labute approximate surface area is 99.6 Å². The molecule has 0 aliphatic heterocycles. The first kappa shape index (κ1) is 11.6. The summed E-state index contributed by atoms with van der Waals surface area (Å²) in [5, 5.41) is 9.15. The highest BCUT2D eigenvalue weighted by Gasteiger charge is 2.28. The van der Waals surface area contributed by atoms with E-state index in [4.69, 9.17) is 21.4 Å². The van der Waals surface area contributed by atoms with Crippen molar-refractivity contribution in [1.29, 1.82) is 0 Å². The Hall–Kier alpha value is -0.870. The van der Waals surface area contributed by atoms with Gasteiger partial charge in [0.2, 0.25) is 5.88 Å². The molecular weight excluding hydrogens is 228 g/mol. The minimum absolute atomic E-state index is 0.118. The lowest BCUT2D eigenvalue weighted by atomic mass is 10.3. The highest BCUT2D eigenvalue weighted by Crippen LogP contribution is 2.39. The summed E-state index contributed by atoms with van der Waals surface area (Å²) in [6.45, 7) is 2.41. The third-order valence-corrected chi connectivity index (χ3v) is 2.91. The van der Waals surface area contributed by atoms with Crippen molar-refractivity contribution in [2.24, 2.45) is 0 Å². The quantitative estimate of drug-likeness (QED) is 0.635. The number of halogens is 1. The number of ether oxygens (including phenoxy) is 1. The molecule has 1 aliphatic rings. The van der Waals surface area contributed by atoms with Crippen molar-refractivity contribution in [2.45, 2.75) is 32.1 Å². The van der Waals surface area contributed by atoms with Crippen LogP contribution in [0.25, 0.3) is 0 Å². The zero-order chi connectivity index (χ0) is 11.5. The molecule has 1 aliphatic carbocycles. The highest BCUT2D eigenvalue weighted by atomic mass is 35.5. The Morgan fingerprint density at radius 2 is 2.19 bits per heavy atom. The van der Waals surface area contributed by atoms with E-state index < -0.39 is 0 Å². The normalized spacial score (nSPS) is 15.2. The van der Waals surface area contributed by atoms with Gasteiger partial charge in [0.1, 0.15) is 11.0 Å². The Balaban J connectivity index is 2.14. The van der Waals surface area contributed by atoms with Crippen molar-refractivity contribution in [3.05, 3.63) is 16.5 Å². The van der Waals surface area contributed by atoms with Crippen molar-refractivity contribution in [1.82, 2.24) is 9.97 Å². The monoisotopic (exact) mass is 242 g/mol. The zero-order valence-corrected chi connectivity index (χ0v) is 10.00. The second-order valence-corrected chi connectivity index (χ2v) is 4.36. The van der Waals surface area contributed by atoms with E-state index in [-0.39, 0.29) is 6.61 Å². The fraction of sp³-hybridized carbons (Fsp3) is 0.636. The fourth-order valence-electron chi connectivity index (χ4n) is 1.38. The Bertz CT molecular complexity index is 380. The van der Waals surface area contributed by atoms with Crippen LogP contribution in [0.1, 0.15) is 36.6 Å². The molecule has 5 heteroatoms. The van der Waals surface area contributed by atoms with Crippen LogP contribution in [0.2, 0.25) is 5.15 Å². The molecule has 0 saturated heterocycles. The molecular formula is C11H15ClN2O2. The van der Waals surface area contributed by atoms with E-state index in [1.165, 1.54) is 0 Å². The molecule has 1 heterocycles. The van der Waals surface area contributed by atoms with Crippen LogP contribution in [0.4, 0.5) is 0 Å². The zero-order valence-electron chi connectivity index (χ0n) is 9.24. The summed E-state index contributed by atoms with van der Waals surface area (Å²) in [6.07, 6.45) is 2.87. The van der Waals surface area contributed by atoms with E-state index in [2.05, 4.69) is 9.97 Å². The summed E-state index contributed by atoms with van der Waals surface area (Å²) in [6, 6.07) is 0. The van der Waals surface area contributed by atoms with E-state index in [0.29, 0.717) is 30.0 Å². The van der Waals surface area contributed by atoms with E-state index in [9.17, 15) is 0 Å². The second-order valence-electron chi connectivity index (χ2n) is 4.00. The van der Waals surface area contributed by atoms with Crippen molar-refractivity contribution >= 4 is 11.6 Å². The van der Waals surface area contributed by atoms with Gasteiger partial charge in [0.25, 0.3) is 0 Å². The molecule has 0 aromatic carbocycles. The molecule has 4 nitrogen and oxygen atoms in total. The van der Waals surface area contributed by atoms with Gasteiger partial charge in [-0.15, -0.1) is 0 Å². The van der Waals surface area contributed by atoms with Gasteiger partial charge in [-0.2, -0.15) is 4.98 Å². The maximum Gasteiger partial charge on any atom is 0.221 e. The average molecular weight is 243 g/mol. The van der Waals surface area contributed by atoms with Gasteiger partial charge < -0.3 is 9.84 Å². The standard InChI is InChI=1S/C11H15ClN2O2/c1-7-9(12)13-10(8-3-4-8)14-11(7)16-6-2-5-15/h8,15H,2-6H2,1H3. The van der Waals surface area contributed by atoms with Gasteiger partial charge >= 0.3 is 0 Å². The van der Waals surface area contributed by atoms with Crippen LogP contribution >= 0.6 is 11.6 Å². The number of nitrogens with zero attached hydrogens (tertiary/aromatic N) is 2. The predicted octanol–water partition coefficient (Wildman–Crippen LogP) is 2.08. The van der Waals surface area contributed by atoms with Crippen LogP contribution in [-0.2, 0) is 0 Å². The first-order valence-corrected chi connectivity index (χ1v) is 5.88. The predicted molar refractivity (Wildman–Crippen MR) is 61.0 cm³/mol. The SMILES string of the molecule is Cc1c(Cl)nc(C2CC2)nc1OCCCO. The molecule has 0 amide bonds. The van der Waals surface area contributed by atoms with Crippen LogP contribution in [0.15, 0.2) is 0 Å². The number of aromatic nitrogens is 2. The van der Waals surface area contributed by atoms with Gasteiger partial charge in [-0.1, -0.05) is 11.6 Å². The van der Waals surface area contributed by atoms with Crippen LogP contribution < -0.4 is 4.74 Å². The Morgan fingerprint density at radius 1 is 1.44 bits per heavy atom. The molecule has 1 fully saturated rings. The molecule has 2 rings (SSSR count). The van der Waals surface area contributed by atoms with Crippen molar-refractivity contribution in [3.63, 3.8) is 0 Å². The fourth-order valence-corrected chi connectivity index (χ4v) is 1.55. The lowest BCUT2D eigenvalue weighted by Gasteiger charge is -2.09. The smallest absolute Gasteiger partial charge is 0.221 e. The minimum atomic E-state index is 0.118. The topological polar surface area (TPSA) is 55.2 Å². The van der Waals surface area contributed by atoms with Crippen LogP contribution in [0.3, 0.4) is 0 Å². The third-order valence-electron chi connectivity index (χ3n) is 2.54. The van der Waals surface area contributed by atoms with Crippen LogP contribution in [-0.4, -0.2) is 28.3 Å². The first-order chi connectivity index (χ1) is 7.72. The summed E-state index contributed by atoms with van der Waals surface area (Å²) < 4.78 is 5.48. The molecule has 1 N–H and O–H groups in total. The van der Waals surface area contributed by atoms with Crippen molar-refractivity contribution in [2.75, 3.05) is 13.2 Å². The average Bonchev–Trinajstić information content (AvgIpc) is 3.08. The van der Waals surface area contributed by atoms with Crippen LogP contribution in [0, 0.1) is 6.92 Å². The molecule has 0 radical (unpaired) electrons. The third kappa shape index (κ3) is 2.62. The molecule has 0 unspecified atom stereocenters. The van der Waals surface area contributed by atoms with Gasteiger partial charge in [0.15, 0.2) is 0 Å². The summed E-state index contributed by atoms with van der Waals surface area (Å²) in [5.74, 6) is 1.79. The molecule has 1 aromatic heterocycles. The first-order valence-electron chi connectivity index (χ1n) is 5.50. The summed E-state index contributed by atoms with van der Waals surface area (Å²) >= 11 is 6.02. The number of hydrogen-bond acceptors (Lipinski definition) is 4. The molecule has 0 spiro atoms. The van der Waals surface area contributed by atoms with Gasteiger partial charge in [-0.05, 0) is 19.8 Å². The van der Waals surface area contributed by atoms with E-state index >= 15 is 0 Å². The molecule has 1 saturated carbocycles. The number of hydrogen-bond donors (Lipinski definition) is 1. The molecule has 0 atom stereocenters. The molecule has 88 valence electrons. The van der Waals surface area contributed by atoms with Crippen LogP contribution in [0.5, 0.6) is 5.88 Å². The minimum Gasteiger partial charge on any atom is -0.477 e. The maximum atomic E-state index is 8.68. The van der Waals surface area contributed by atoms with E-state index in [1.807, 2.05) is 6.92 Å². The summed E-state index contributed by atoms with van der Waals surface area (Å²) in [5.41, 5.74) is 0.768. The lowest BCUT2D eigenvalue weighted by Crippen LogP contribution is -2.06.